The smallest absolute Gasteiger partial charge is 0.272 e. The maximum Gasteiger partial charge on any atom is 0.272 e. The third kappa shape index (κ3) is 8.54. The van der Waals surface area contributed by atoms with E-state index in [9.17, 15) is 28.4 Å². The summed E-state index contributed by atoms with van der Waals surface area (Å²) in [5.41, 5.74) is 5.71. The largest absolute Gasteiger partial charge is 0.368 e. The third-order valence-electron chi connectivity index (χ3n) is 7.44. The molecule has 2 aliphatic rings. The Morgan fingerprint density at radius 3 is 2.24 bits per heavy atom. The predicted molar refractivity (Wildman–Crippen MR) is 149 cm³/mol. The number of benzene rings is 1. The average Bonchev–Trinajstić information content (AvgIpc) is 3.72. The van der Waals surface area contributed by atoms with E-state index in [1.54, 1.807) is 0 Å². The van der Waals surface area contributed by atoms with E-state index in [2.05, 4.69) is 31.2 Å². The molecule has 1 aliphatic carbocycles. The first-order valence-corrected chi connectivity index (χ1v) is 13.9. The normalized spacial score (nSPS) is 19.6. The van der Waals surface area contributed by atoms with E-state index in [0.717, 1.165) is 12.8 Å². The summed E-state index contributed by atoms with van der Waals surface area (Å²) in [5.74, 6) is -3.67. The molecule has 1 aliphatic heterocycles. The van der Waals surface area contributed by atoms with Crippen molar-refractivity contribution in [3.8, 4) is 0 Å². The van der Waals surface area contributed by atoms with Gasteiger partial charge in [0.25, 0.3) is 5.91 Å². The SMILES string of the molecule is CC1(C)C[C@@H](C[C@H](NC(=O)[C@H](CC2CC2)NC(=O)[C@H](Cc2ccc(F)cc2)NC(=O)c2cnccn2)C(N)=O)C(=O)N1. The van der Waals surface area contributed by atoms with Gasteiger partial charge in [-0.15, -0.1) is 0 Å². The summed E-state index contributed by atoms with van der Waals surface area (Å²) in [6, 6.07) is 2.20. The van der Waals surface area contributed by atoms with Gasteiger partial charge in [-0.25, -0.2) is 9.37 Å². The Balaban J connectivity index is 1.48. The number of primary amides is 1. The zero-order valence-corrected chi connectivity index (χ0v) is 23.6. The maximum absolute atomic E-state index is 13.6. The zero-order chi connectivity index (χ0) is 30.4. The van der Waals surface area contributed by atoms with Crippen molar-refractivity contribution in [1.82, 2.24) is 31.2 Å². The van der Waals surface area contributed by atoms with E-state index in [1.807, 2.05) is 13.8 Å². The van der Waals surface area contributed by atoms with Crippen LogP contribution in [0.4, 0.5) is 4.39 Å². The molecule has 2 fully saturated rings. The molecule has 5 amide bonds. The predicted octanol–water partition coefficient (Wildman–Crippen LogP) is 0.517. The molecule has 42 heavy (non-hydrogen) atoms. The van der Waals surface area contributed by atoms with Crippen LogP contribution in [0.3, 0.4) is 0 Å². The number of nitrogens with one attached hydrogen (secondary N) is 4. The van der Waals surface area contributed by atoms with Crippen LogP contribution < -0.4 is 27.0 Å². The maximum atomic E-state index is 13.6. The van der Waals surface area contributed by atoms with Gasteiger partial charge in [-0.2, -0.15) is 0 Å². The van der Waals surface area contributed by atoms with Crippen molar-refractivity contribution in [2.75, 3.05) is 0 Å². The van der Waals surface area contributed by atoms with Crippen LogP contribution in [0.5, 0.6) is 0 Å². The van der Waals surface area contributed by atoms with E-state index >= 15 is 0 Å². The first kappa shape index (κ1) is 30.5. The lowest BCUT2D eigenvalue weighted by molar-refractivity contribution is -0.132. The van der Waals surface area contributed by atoms with Crippen LogP contribution >= 0.6 is 0 Å². The van der Waals surface area contributed by atoms with E-state index in [-0.39, 0.29) is 30.4 Å². The van der Waals surface area contributed by atoms with Crippen molar-refractivity contribution >= 4 is 29.5 Å². The highest BCUT2D eigenvalue weighted by atomic mass is 19.1. The average molecular weight is 582 g/mol. The van der Waals surface area contributed by atoms with Crippen molar-refractivity contribution in [3.05, 3.63) is 59.9 Å². The highest BCUT2D eigenvalue weighted by Crippen LogP contribution is 2.34. The van der Waals surface area contributed by atoms with Gasteiger partial charge in [0.15, 0.2) is 0 Å². The Labute approximate surface area is 242 Å². The number of hydrogen-bond donors (Lipinski definition) is 5. The molecular formula is C29H36FN7O5. The first-order chi connectivity index (χ1) is 19.9. The molecule has 4 rings (SSSR count). The second-order valence-corrected chi connectivity index (χ2v) is 11.7. The summed E-state index contributed by atoms with van der Waals surface area (Å²) in [7, 11) is 0. The van der Waals surface area contributed by atoms with Gasteiger partial charge in [0.05, 0.1) is 6.20 Å². The van der Waals surface area contributed by atoms with Crippen LogP contribution in [-0.2, 0) is 25.6 Å². The molecule has 1 aromatic heterocycles. The lowest BCUT2D eigenvalue weighted by atomic mass is 9.91. The van der Waals surface area contributed by atoms with Crippen molar-refractivity contribution in [3.63, 3.8) is 0 Å². The fourth-order valence-corrected chi connectivity index (χ4v) is 5.09. The molecule has 4 atom stereocenters. The summed E-state index contributed by atoms with van der Waals surface area (Å²) in [5, 5.41) is 10.9. The monoisotopic (exact) mass is 581 g/mol. The van der Waals surface area contributed by atoms with Gasteiger partial charge < -0.3 is 27.0 Å². The summed E-state index contributed by atoms with van der Waals surface area (Å²) in [6.07, 6.45) is 6.60. The number of amides is 5. The Bertz CT molecular complexity index is 1320. The van der Waals surface area contributed by atoms with Gasteiger partial charge in [-0.3, -0.25) is 29.0 Å². The zero-order valence-electron chi connectivity index (χ0n) is 23.6. The molecule has 6 N–H and O–H groups in total. The number of rotatable bonds is 13. The second kappa shape index (κ2) is 13.0. The molecule has 0 spiro atoms. The fraction of sp³-hybridized carbons (Fsp3) is 0.483. The molecular weight excluding hydrogens is 545 g/mol. The molecule has 2 heterocycles. The van der Waals surface area contributed by atoms with Crippen LogP contribution in [0.2, 0.25) is 0 Å². The second-order valence-electron chi connectivity index (χ2n) is 11.7. The topological polar surface area (TPSA) is 185 Å². The van der Waals surface area contributed by atoms with Gasteiger partial charge in [0.1, 0.15) is 29.6 Å². The lowest BCUT2D eigenvalue weighted by Gasteiger charge is -2.25. The van der Waals surface area contributed by atoms with Crippen LogP contribution in [0.1, 0.15) is 62.0 Å². The Morgan fingerprint density at radius 2 is 1.67 bits per heavy atom. The third-order valence-corrected chi connectivity index (χ3v) is 7.44. The van der Waals surface area contributed by atoms with Crippen LogP contribution in [0.15, 0.2) is 42.9 Å². The van der Waals surface area contributed by atoms with Crippen molar-refractivity contribution < 1.29 is 28.4 Å². The minimum atomic E-state index is -1.14. The van der Waals surface area contributed by atoms with Gasteiger partial charge in [-0.05, 0) is 56.7 Å². The molecule has 224 valence electrons. The van der Waals surface area contributed by atoms with Gasteiger partial charge >= 0.3 is 0 Å². The Hall–Kier alpha value is -4.42. The van der Waals surface area contributed by atoms with Crippen molar-refractivity contribution in [1.29, 1.82) is 0 Å². The van der Waals surface area contributed by atoms with Crippen LogP contribution in [-0.4, -0.2) is 63.2 Å². The standard InChI is InChI=1S/C29H36FN7O5/c1-29(2)14-18(25(39)37-29)13-20(24(31)38)34-26(40)21(11-16-3-4-16)35-27(41)22(12-17-5-7-19(30)8-6-17)36-28(42)23-15-32-9-10-33-23/h5-10,15-16,18,20-22H,3-4,11-14H2,1-2H3,(H2,31,38)(H,34,40)(H,35,41)(H,36,42)(H,37,39)/t18-,20+,21+,22+/m1/s1. The molecule has 1 aromatic carbocycles. The molecule has 12 nitrogen and oxygen atoms in total. The summed E-state index contributed by atoms with van der Waals surface area (Å²) in [6.45, 7) is 3.74. The molecule has 2 aromatic rings. The Kier molecular flexibility index (Phi) is 9.48. The van der Waals surface area contributed by atoms with Crippen LogP contribution in [0.25, 0.3) is 0 Å². The molecule has 0 radical (unpaired) electrons. The highest BCUT2D eigenvalue weighted by Gasteiger charge is 2.40. The van der Waals surface area contributed by atoms with Crippen LogP contribution in [0, 0.1) is 17.7 Å². The molecule has 0 bridgehead atoms. The first-order valence-electron chi connectivity index (χ1n) is 13.9. The van der Waals surface area contributed by atoms with E-state index in [1.165, 1.54) is 42.9 Å². The fourth-order valence-electron chi connectivity index (χ4n) is 5.09. The van der Waals surface area contributed by atoms with Gasteiger partial charge in [-0.1, -0.05) is 25.0 Å². The number of carbonyl (C=O) groups excluding carboxylic acids is 5. The molecule has 1 saturated carbocycles. The van der Waals surface area contributed by atoms with E-state index < -0.39 is 59.0 Å². The van der Waals surface area contributed by atoms with E-state index in [0.29, 0.717) is 18.4 Å². The quantitative estimate of drug-likeness (QED) is 0.228. The molecule has 13 heteroatoms. The summed E-state index contributed by atoms with van der Waals surface area (Å²) < 4.78 is 13.5. The number of halogens is 1. The van der Waals surface area contributed by atoms with Crippen molar-refractivity contribution in [2.24, 2.45) is 17.6 Å². The summed E-state index contributed by atoms with van der Waals surface area (Å²) in [4.78, 5) is 72.3. The lowest BCUT2D eigenvalue weighted by Crippen LogP contribution is -2.57. The minimum Gasteiger partial charge on any atom is -0.368 e. The highest BCUT2D eigenvalue weighted by molar-refractivity contribution is 5.97. The number of nitrogens with zero attached hydrogens (tertiary/aromatic N) is 2. The van der Waals surface area contributed by atoms with Gasteiger partial charge in [0.2, 0.25) is 23.6 Å². The number of aromatic nitrogens is 2. The number of nitrogens with two attached hydrogens (primary N) is 1. The van der Waals surface area contributed by atoms with E-state index in [4.69, 9.17) is 5.73 Å². The number of hydrogen-bond acceptors (Lipinski definition) is 7. The summed E-state index contributed by atoms with van der Waals surface area (Å²) >= 11 is 0. The van der Waals surface area contributed by atoms with Crippen molar-refractivity contribution in [2.45, 2.75) is 76.0 Å². The Morgan fingerprint density at radius 1 is 1.00 bits per heavy atom. The number of carbonyl (C=O) groups is 5. The molecule has 0 unspecified atom stereocenters. The molecule has 1 saturated heterocycles. The minimum absolute atomic E-state index is 0.00632. The van der Waals surface area contributed by atoms with Gasteiger partial charge in [0, 0.05) is 30.3 Å².